The first-order valence-electron chi connectivity index (χ1n) is 12.3. The Bertz CT molecular complexity index is 1420. The molecule has 3 aromatic carbocycles. The van der Waals surface area contributed by atoms with Crippen molar-refractivity contribution in [1.29, 1.82) is 0 Å². The zero-order valence-corrected chi connectivity index (χ0v) is 22.1. The summed E-state index contributed by atoms with van der Waals surface area (Å²) in [6, 6.07) is 29.6. The molecule has 6 nitrogen and oxygen atoms in total. The molecule has 0 saturated carbocycles. The monoisotopic (exact) mass is 557 g/mol. The second-order valence-electron chi connectivity index (χ2n) is 9.30. The van der Waals surface area contributed by atoms with Gasteiger partial charge in [0, 0.05) is 35.5 Å². The third-order valence-corrected chi connectivity index (χ3v) is 7.35. The summed E-state index contributed by atoms with van der Waals surface area (Å²) in [5.74, 6) is -0.0818. The van der Waals surface area contributed by atoms with E-state index in [1.165, 1.54) is 4.90 Å². The zero-order chi connectivity index (χ0) is 25.9. The fraction of sp³-hybridized carbons (Fsp3) is 0.200. The number of carbonyl (C=O) groups is 2. The van der Waals surface area contributed by atoms with Crippen molar-refractivity contribution < 1.29 is 14.7 Å². The first kappa shape index (κ1) is 24.8. The Kier molecular flexibility index (Phi) is 7.15. The van der Waals surface area contributed by atoms with E-state index in [9.17, 15) is 14.7 Å². The average molecular weight is 558 g/mol. The maximum absolute atomic E-state index is 14.3. The van der Waals surface area contributed by atoms with Crippen LogP contribution < -0.4 is 0 Å². The van der Waals surface area contributed by atoms with Crippen molar-refractivity contribution in [1.82, 2.24) is 14.4 Å². The molecule has 188 valence electrons. The third-order valence-electron chi connectivity index (χ3n) is 6.86. The normalized spacial score (nSPS) is 15.6. The minimum Gasteiger partial charge on any atom is -0.465 e. The number of carbonyl (C=O) groups excluding carboxylic acids is 1. The van der Waals surface area contributed by atoms with Gasteiger partial charge in [0.1, 0.15) is 0 Å². The zero-order valence-electron chi connectivity index (χ0n) is 20.5. The van der Waals surface area contributed by atoms with Gasteiger partial charge in [-0.05, 0) is 48.7 Å². The van der Waals surface area contributed by atoms with Gasteiger partial charge in [-0.2, -0.15) is 0 Å². The number of aryl methyl sites for hydroxylation is 1. The second kappa shape index (κ2) is 10.6. The van der Waals surface area contributed by atoms with E-state index in [-0.39, 0.29) is 18.5 Å². The minimum atomic E-state index is -0.952. The molecular formula is C30H28BrN3O3. The maximum Gasteiger partial charge on any atom is 0.407 e. The van der Waals surface area contributed by atoms with E-state index in [4.69, 9.17) is 0 Å². The van der Waals surface area contributed by atoms with Crippen molar-refractivity contribution >= 4 is 27.9 Å². The van der Waals surface area contributed by atoms with E-state index in [1.807, 2.05) is 103 Å². The largest absolute Gasteiger partial charge is 0.465 e. The number of amides is 2. The van der Waals surface area contributed by atoms with Gasteiger partial charge in [-0.15, -0.1) is 0 Å². The van der Waals surface area contributed by atoms with Crippen LogP contribution in [0.15, 0.2) is 95.5 Å². The van der Waals surface area contributed by atoms with Crippen molar-refractivity contribution in [3.05, 3.63) is 112 Å². The molecule has 1 aromatic heterocycles. The number of aromatic nitrogens is 1. The van der Waals surface area contributed by atoms with E-state index >= 15 is 0 Å². The number of hydrogen-bond acceptors (Lipinski definition) is 2. The molecule has 0 bridgehead atoms. The Morgan fingerprint density at radius 1 is 0.919 bits per heavy atom. The average Bonchev–Trinajstić information content (AvgIpc) is 3.26. The number of halogens is 1. The van der Waals surface area contributed by atoms with Crippen LogP contribution in [0.25, 0.3) is 16.9 Å². The Morgan fingerprint density at radius 2 is 1.62 bits per heavy atom. The van der Waals surface area contributed by atoms with E-state index in [0.717, 1.165) is 32.7 Å². The Balaban J connectivity index is 1.59. The Hall–Kier alpha value is -3.84. The summed E-state index contributed by atoms with van der Waals surface area (Å²) in [5.41, 5.74) is 5.38. The number of nitrogens with zero attached hydrogens (tertiary/aromatic N) is 3. The lowest BCUT2D eigenvalue weighted by atomic mass is 10.00. The lowest BCUT2D eigenvalue weighted by Gasteiger charge is -2.40. The van der Waals surface area contributed by atoms with Gasteiger partial charge in [0.05, 0.1) is 17.3 Å². The molecule has 1 N–H and O–H groups in total. The fourth-order valence-corrected chi connectivity index (χ4v) is 5.53. The lowest BCUT2D eigenvalue weighted by Crippen LogP contribution is -2.57. The second-order valence-corrected chi connectivity index (χ2v) is 10.2. The number of piperazine rings is 1. The standard InChI is InChI=1S/C30H28BrN3O3/c1-21-17-27(28(23-11-6-3-7-12-23)34(21)25-14-8-13-24(31)19-25)29(35)33-16-15-32(30(36)37)20-26(33)18-22-9-4-2-5-10-22/h2-14,17,19,26H,15-16,18,20H2,1H3,(H,36,37)/t26-/m1/s1. The van der Waals surface area contributed by atoms with Crippen molar-refractivity contribution in [2.75, 3.05) is 19.6 Å². The lowest BCUT2D eigenvalue weighted by molar-refractivity contribution is 0.0451. The van der Waals surface area contributed by atoms with Crippen LogP contribution in [0.5, 0.6) is 0 Å². The molecule has 0 radical (unpaired) electrons. The van der Waals surface area contributed by atoms with Gasteiger partial charge in [-0.3, -0.25) is 4.79 Å². The molecule has 0 unspecified atom stereocenters. The van der Waals surface area contributed by atoms with Gasteiger partial charge >= 0.3 is 6.09 Å². The van der Waals surface area contributed by atoms with Gasteiger partial charge in [-0.25, -0.2) is 4.79 Å². The smallest absolute Gasteiger partial charge is 0.407 e. The summed E-state index contributed by atoms with van der Waals surface area (Å²) in [6.45, 7) is 2.92. The van der Waals surface area contributed by atoms with Crippen LogP contribution in [0, 0.1) is 6.92 Å². The van der Waals surface area contributed by atoms with Crippen molar-refractivity contribution in [3.8, 4) is 16.9 Å². The number of rotatable bonds is 5. The number of hydrogen-bond donors (Lipinski definition) is 1. The molecule has 0 aliphatic carbocycles. The van der Waals surface area contributed by atoms with E-state index < -0.39 is 6.09 Å². The van der Waals surface area contributed by atoms with Crippen LogP contribution in [0.3, 0.4) is 0 Å². The van der Waals surface area contributed by atoms with Crippen LogP contribution >= 0.6 is 15.9 Å². The minimum absolute atomic E-state index is 0.0818. The number of carboxylic acid groups (broad SMARTS) is 1. The quantitative estimate of drug-likeness (QED) is 0.315. The molecule has 1 fully saturated rings. The summed E-state index contributed by atoms with van der Waals surface area (Å²) in [5, 5.41) is 9.66. The highest BCUT2D eigenvalue weighted by molar-refractivity contribution is 9.10. The van der Waals surface area contributed by atoms with Crippen LogP contribution in [0.1, 0.15) is 21.6 Å². The maximum atomic E-state index is 14.3. The van der Waals surface area contributed by atoms with Gasteiger partial charge < -0.3 is 19.5 Å². The van der Waals surface area contributed by atoms with Crippen LogP contribution in [-0.2, 0) is 6.42 Å². The highest BCUT2D eigenvalue weighted by Crippen LogP contribution is 2.33. The van der Waals surface area contributed by atoms with E-state index in [1.54, 1.807) is 0 Å². The van der Waals surface area contributed by atoms with Crippen LogP contribution in [0.4, 0.5) is 4.79 Å². The first-order chi connectivity index (χ1) is 17.9. The third kappa shape index (κ3) is 5.18. The van der Waals surface area contributed by atoms with Crippen LogP contribution in [-0.4, -0.2) is 57.1 Å². The topological polar surface area (TPSA) is 65.8 Å². The van der Waals surface area contributed by atoms with Crippen molar-refractivity contribution in [2.24, 2.45) is 0 Å². The SMILES string of the molecule is Cc1cc(C(=O)N2CCN(C(=O)O)C[C@H]2Cc2ccccc2)c(-c2ccccc2)n1-c1cccc(Br)c1. The Morgan fingerprint density at radius 3 is 2.30 bits per heavy atom. The number of benzene rings is 3. The predicted octanol–water partition coefficient (Wildman–Crippen LogP) is 6.26. The summed E-state index contributed by atoms with van der Waals surface area (Å²) in [7, 11) is 0. The van der Waals surface area contributed by atoms with E-state index in [2.05, 4.69) is 20.5 Å². The highest BCUT2D eigenvalue weighted by Gasteiger charge is 2.35. The summed E-state index contributed by atoms with van der Waals surface area (Å²) < 4.78 is 3.07. The first-order valence-corrected chi connectivity index (χ1v) is 13.1. The van der Waals surface area contributed by atoms with Crippen LogP contribution in [0.2, 0.25) is 0 Å². The van der Waals surface area contributed by atoms with E-state index in [0.29, 0.717) is 25.1 Å². The Labute approximate surface area is 224 Å². The molecule has 4 aromatic rings. The van der Waals surface area contributed by atoms with Crippen molar-refractivity contribution in [2.45, 2.75) is 19.4 Å². The van der Waals surface area contributed by atoms with Gasteiger partial charge in [-0.1, -0.05) is 82.7 Å². The molecule has 7 heteroatoms. The van der Waals surface area contributed by atoms with Gasteiger partial charge in [0.25, 0.3) is 5.91 Å². The fourth-order valence-electron chi connectivity index (χ4n) is 5.14. The molecule has 2 heterocycles. The van der Waals surface area contributed by atoms with Gasteiger partial charge in [0.2, 0.25) is 0 Å². The molecule has 5 rings (SSSR count). The molecule has 1 saturated heterocycles. The highest BCUT2D eigenvalue weighted by atomic mass is 79.9. The van der Waals surface area contributed by atoms with Crippen molar-refractivity contribution in [3.63, 3.8) is 0 Å². The summed E-state index contributed by atoms with van der Waals surface area (Å²) >= 11 is 3.58. The predicted molar refractivity (Wildman–Crippen MR) is 148 cm³/mol. The molecule has 0 spiro atoms. The molecule has 37 heavy (non-hydrogen) atoms. The molecule has 1 aliphatic rings. The molecule has 1 aliphatic heterocycles. The summed E-state index contributed by atoms with van der Waals surface area (Å²) in [4.78, 5) is 29.3. The van der Waals surface area contributed by atoms with Gasteiger partial charge in [0.15, 0.2) is 0 Å². The molecular weight excluding hydrogens is 530 g/mol. The molecule has 1 atom stereocenters. The summed E-state index contributed by atoms with van der Waals surface area (Å²) in [6.07, 6.45) is -0.366. The molecule has 2 amide bonds.